The van der Waals surface area contributed by atoms with Crippen molar-refractivity contribution in [1.82, 2.24) is 20.8 Å². The minimum atomic E-state index is -0.503. The van der Waals surface area contributed by atoms with Crippen molar-refractivity contribution in [2.75, 3.05) is 13.1 Å². The normalized spacial score (nSPS) is 20.2. The predicted molar refractivity (Wildman–Crippen MR) is 85.3 cm³/mol. The third-order valence-corrected chi connectivity index (χ3v) is 4.30. The molecule has 124 valence electrons. The Kier molecular flexibility index (Phi) is 6.27. The smallest absolute Gasteiger partial charge is 0.290 e. The van der Waals surface area contributed by atoms with Crippen LogP contribution in [0.15, 0.2) is 23.7 Å². The molecule has 0 aromatic carbocycles. The molecule has 0 aliphatic carbocycles. The Morgan fingerprint density at radius 3 is 2.96 bits per heavy atom. The van der Waals surface area contributed by atoms with Gasteiger partial charge >= 0.3 is 0 Å². The third-order valence-electron chi connectivity index (χ3n) is 3.41. The van der Waals surface area contributed by atoms with E-state index in [1.54, 1.807) is 11.3 Å². The van der Waals surface area contributed by atoms with Gasteiger partial charge in [0, 0.05) is 6.54 Å². The molecule has 3 rings (SSSR count). The monoisotopic (exact) mass is 338 g/mol. The van der Waals surface area contributed by atoms with Gasteiger partial charge in [0.25, 0.3) is 12.4 Å². The average Bonchev–Trinajstić information content (AvgIpc) is 3.21. The molecule has 0 unspecified atom stereocenters. The molecule has 23 heavy (non-hydrogen) atoms. The van der Waals surface area contributed by atoms with E-state index in [1.807, 2.05) is 17.5 Å². The summed E-state index contributed by atoms with van der Waals surface area (Å²) in [4.78, 5) is 21.7. The zero-order valence-corrected chi connectivity index (χ0v) is 13.0. The summed E-state index contributed by atoms with van der Waals surface area (Å²) in [6.07, 6.45) is 1.67. The first-order valence-corrected chi connectivity index (χ1v) is 7.90. The molecule has 1 amide bonds. The molecule has 2 aromatic rings. The van der Waals surface area contributed by atoms with E-state index in [-0.39, 0.29) is 18.4 Å². The quantitative estimate of drug-likeness (QED) is 0.512. The van der Waals surface area contributed by atoms with Gasteiger partial charge in [-0.3, -0.25) is 14.7 Å². The number of carboxylic acid groups (broad SMARTS) is 1. The number of piperidine rings is 1. The number of thiophene rings is 1. The van der Waals surface area contributed by atoms with E-state index in [0.717, 1.165) is 17.1 Å². The fourth-order valence-electron chi connectivity index (χ4n) is 2.31. The van der Waals surface area contributed by atoms with E-state index in [1.165, 1.54) is 6.20 Å². The second kappa shape index (κ2) is 8.42. The lowest BCUT2D eigenvalue weighted by molar-refractivity contribution is -0.122. The summed E-state index contributed by atoms with van der Waals surface area (Å²) in [7, 11) is 0. The highest BCUT2D eigenvalue weighted by molar-refractivity contribution is 7.13. The summed E-state index contributed by atoms with van der Waals surface area (Å²) >= 11 is 1.55. The lowest BCUT2D eigenvalue weighted by atomic mass is 10.0. The van der Waals surface area contributed by atoms with Gasteiger partial charge in [-0.1, -0.05) is 6.07 Å². The number of hydrogen-bond acceptors (Lipinski definition) is 6. The topological polar surface area (TPSA) is 127 Å². The second-order valence-electron chi connectivity index (χ2n) is 4.88. The summed E-state index contributed by atoms with van der Waals surface area (Å²) < 4.78 is 0. The molecule has 1 fully saturated rings. The third kappa shape index (κ3) is 4.38. The fraction of sp³-hybridized carbons (Fsp3) is 0.357. The molecule has 9 heteroatoms. The van der Waals surface area contributed by atoms with Crippen LogP contribution in [0.3, 0.4) is 0 Å². The van der Waals surface area contributed by atoms with E-state index < -0.39 is 6.10 Å². The number of carbonyl (C=O) groups is 2. The van der Waals surface area contributed by atoms with Crippen molar-refractivity contribution in [2.24, 2.45) is 0 Å². The van der Waals surface area contributed by atoms with Gasteiger partial charge in [-0.2, -0.15) is 5.10 Å². The zero-order valence-electron chi connectivity index (χ0n) is 12.2. The van der Waals surface area contributed by atoms with Crippen LogP contribution in [0.5, 0.6) is 0 Å². The molecule has 8 nitrogen and oxygen atoms in total. The number of amides is 1. The Morgan fingerprint density at radius 1 is 1.52 bits per heavy atom. The second-order valence-corrected chi connectivity index (χ2v) is 5.83. The summed E-state index contributed by atoms with van der Waals surface area (Å²) in [5.41, 5.74) is 1.22. The van der Waals surface area contributed by atoms with Gasteiger partial charge in [-0.15, -0.1) is 11.3 Å². The van der Waals surface area contributed by atoms with Gasteiger partial charge in [0.05, 0.1) is 34.5 Å². The van der Waals surface area contributed by atoms with Crippen molar-refractivity contribution < 1.29 is 19.8 Å². The van der Waals surface area contributed by atoms with Crippen LogP contribution in [0, 0.1) is 0 Å². The Morgan fingerprint density at radius 2 is 2.30 bits per heavy atom. The number of aromatic amines is 1. The summed E-state index contributed by atoms with van der Waals surface area (Å²) in [6, 6.07) is 3.60. The standard InChI is InChI=1S/C13H16N4O2S.CH2O2/c18-10-3-4-14-7-9(10)16-13(19)8-6-15-17-12(8)11-2-1-5-20-11;2-1-3/h1-2,5-6,9-10,14,18H,3-4,7H2,(H,15,17)(H,16,19);1H,(H,2,3)/t9-,10+;/m0./s1. The number of rotatable bonds is 3. The van der Waals surface area contributed by atoms with E-state index in [4.69, 9.17) is 9.90 Å². The van der Waals surface area contributed by atoms with Crippen LogP contribution in [-0.2, 0) is 4.79 Å². The molecule has 0 saturated carbocycles. The van der Waals surface area contributed by atoms with Gasteiger partial charge in [-0.05, 0) is 24.4 Å². The van der Waals surface area contributed by atoms with Gasteiger partial charge in [-0.25, -0.2) is 0 Å². The van der Waals surface area contributed by atoms with Crippen molar-refractivity contribution in [2.45, 2.75) is 18.6 Å². The van der Waals surface area contributed by atoms with Crippen LogP contribution in [0.2, 0.25) is 0 Å². The van der Waals surface area contributed by atoms with Crippen LogP contribution in [0.4, 0.5) is 0 Å². The van der Waals surface area contributed by atoms with Crippen molar-refractivity contribution in [3.05, 3.63) is 29.3 Å². The Labute approximate surface area is 136 Å². The lowest BCUT2D eigenvalue weighted by Gasteiger charge is -2.29. The number of aliphatic hydroxyl groups is 1. The Bertz CT molecular complexity index is 629. The molecule has 5 N–H and O–H groups in total. The molecule has 1 saturated heterocycles. The molecule has 0 bridgehead atoms. The van der Waals surface area contributed by atoms with E-state index >= 15 is 0 Å². The maximum absolute atomic E-state index is 12.3. The summed E-state index contributed by atoms with van der Waals surface area (Å²) in [6.45, 7) is 1.11. The van der Waals surface area contributed by atoms with E-state index in [2.05, 4.69) is 20.8 Å². The average molecular weight is 338 g/mol. The van der Waals surface area contributed by atoms with Crippen LogP contribution < -0.4 is 10.6 Å². The van der Waals surface area contributed by atoms with Gasteiger partial charge < -0.3 is 20.8 Å². The van der Waals surface area contributed by atoms with E-state index in [0.29, 0.717) is 18.5 Å². The SMILES string of the molecule is O=C(N[C@H]1CNCC[C@H]1O)c1cn[nH]c1-c1cccs1.O=CO. The first kappa shape index (κ1) is 17.1. The highest BCUT2D eigenvalue weighted by Crippen LogP contribution is 2.25. The van der Waals surface area contributed by atoms with Gasteiger partial charge in [0.2, 0.25) is 0 Å². The molecular formula is C14H18N4O4S. The number of aromatic nitrogens is 2. The number of hydrogen-bond donors (Lipinski definition) is 5. The Balaban J connectivity index is 0.000000595. The maximum atomic E-state index is 12.3. The summed E-state index contributed by atoms with van der Waals surface area (Å²) in [5.74, 6) is -0.213. The lowest BCUT2D eigenvalue weighted by Crippen LogP contribution is -2.53. The molecule has 2 atom stereocenters. The van der Waals surface area contributed by atoms with Crippen molar-refractivity contribution in [3.63, 3.8) is 0 Å². The molecule has 0 radical (unpaired) electrons. The van der Waals surface area contributed by atoms with Crippen LogP contribution in [0.25, 0.3) is 10.6 Å². The fourth-order valence-corrected chi connectivity index (χ4v) is 3.04. The molecule has 3 heterocycles. The minimum absolute atomic E-state index is 0.213. The highest BCUT2D eigenvalue weighted by Gasteiger charge is 2.26. The number of nitrogens with one attached hydrogen (secondary N) is 3. The number of aliphatic hydroxyl groups excluding tert-OH is 1. The molecule has 2 aromatic heterocycles. The molecule has 1 aliphatic rings. The van der Waals surface area contributed by atoms with Crippen LogP contribution in [-0.4, -0.2) is 58.0 Å². The number of nitrogens with zero attached hydrogens (tertiary/aromatic N) is 1. The largest absolute Gasteiger partial charge is 0.483 e. The van der Waals surface area contributed by atoms with Crippen molar-refractivity contribution in [1.29, 1.82) is 0 Å². The first-order valence-electron chi connectivity index (χ1n) is 7.02. The van der Waals surface area contributed by atoms with Crippen molar-refractivity contribution in [3.8, 4) is 10.6 Å². The minimum Gasteiger partial charge on any atom is -0.483 e. The number of carbonyl (C=O) groups excluding carboxylic acids is 1. The van der Waals surface area contributed by atoms with E-state index in [9.17, 15) is 9.90 Å². The zero-order chi connectivity index (χ0) is 16.7. The molecule has 0 spiro atoms. The van der Waals surface area contributed by atoms with Crippen LogP contribution >= 0.6 is 11.3 Å². The summed E-state index contributed by atoms with van der Waals surface area (Å²) in [5, 5.41) is 31.6. The number of H-pyrrole nitrogens is 1. The first-order chi connectivity index (χ1) is 11.2. The molecule has 1 aliphatic heterocycles. The van der Waals surface area contributed by atoms with Gasteiger partial charge in [0.1, 0.15) is 0 Å². The van der Waals surface area contributed by atoms with Crippen molar-refractivity contribution >= 4 is 23.7 Å². The molecular weight excluding hydrogens is 320 g/mol. The highest BCUT2D eigenvalue weighted by atomic mass is 32.1. The predicted octanol–water partition coefficient (Wildman–Crippen LogP) is 0.292. The van der Waals surface area contributed by atoms with Gasteiger partial charge in [0.15, 0.2) is 0 Å². The van der Waals surface area contributed by atoms with Crippen LogP contribution in [0.1, 0.15) is 16.8 Å². The Hall–Kier alpha value is -2.23. The maximum Gasteiger partial charge on any atom is 0.290 e.